The Balaban J connectivity index is 2.46. The van der Waals surface area contributed by atoms with E-state index in [9.17, 15) is 4.79 Å². The normalized spacial score (nSPS) is 25.8. The van der Waals surface area contributed by atoms with Gasteiger partial charge in [-0.05, 0) is 6.42 Å². The summed E-state index contributed by atoms with van der Waals surface area (Å²) in [5.74, 6) is 1.17. The number of carbonyl (C=O) groups is 1. The predicted molar refractivity (Wildman–Crippen MR) is 56.8 cm³/mol. The van der Waals surface area contributed by atoms with Gasteiger partial charge in [-0.1, -0.05) is 13.8 Å². The smallest absolute Gasteiger partial charge is 0.239 e. The molecule has 1 amide bonds. The number of nitrogens with two attached hydrogens (primary N) is 1. The highest BCUT2D eigenvalue weighted by molar-refractivity contribution is 7.99. The topological polar surface area (TPSA) is 46.3 Å². The van der Waals surface area contributed by atoms with Crippen molar-refractivity contribution in [3.05, 3.63) is 0 Å². The number of hydrogen-bond donors (Lipinski definition) is 1. The van der Waals surface area contributed by atoms with Crippen LogP contribution in [0.5, 0.6) is 0 Å². The summed E-state index contributed by atoms with van der Waals surface area (Å²) in [6.07, 6.45) is 0.733. The largest absolute Gasteiger partial charge is 0.339 e. The fourth-order valence-electron chi connectivity index (χ4n) is 1.43. The van der Waals surface area contributed by atoms with Crippen LogP contribution in [-0.2, 0) is 4.79 Å². The second kappa shape index (κ2) is 4.86. The molecule has 1 unspecified atom stereocenters. The average Bonchev–Trinajstić information content (AvgIpc) is 2.15. The van der Waals surface area contributed by atoms with Crippen LogP contribution < -0.4 is 5.73 Å². The monoisotopic (exact) mass is 202 g/mol. The van der Waals surface area contributed by atoms with E-state index in [4.69, 9.17) is 5.73 Å². The highest BCUT2D eigenvalue weighted by Crippen LogP contribution is 2.18. The van der Waals surface area contributed by atoms with Crippen LogP contribution in [0, 0.1) is 0 Å². The third-order valence-corrected chi connectivity index (χ3v) is 3.45. The summed E-state index contributed by atoms with van der Waals surface area (Å²) in [5, 5.41) is 0.557. The second-order valence-corrected chi connectivity index (χ2v) is 5.03. The molecule has 0 aromatic rings. The van der Waals surface area contributed by atoms with Gasteiger partial charge in [-0.2, -0.15) is 11.8 Å². The molecule has 2 N–H and O–H groups in total. The van der Waals surface area contributed by atoms with E-state index in [1.54, 1.807) is 0 Å². The van der Waals surface area contributed by atoms with Gasteiger partial charge in [-0.15, -0.1) is 0 Å². The van der Waals surface area contributed by atoms with Gasteiger partial charge in [0.15, 0.2) is 0 Å². The molecule has 13 heavy (non-hydrogen) atoms. The van der Waals surface area contributed by atoms with Crippen LogP contribution in [0.1, 0.15) is 20.3 Å². The first kappa shape index (κ1) is 10.9. The van der Waals surface area contributed by atoms with Crippen LogP contribution in [0.25, 0.3) is 0 Å². The maximum atomic E-state index is 11.7. The second-order valence-electron chi connectivity index (χ2n) is 3.48. The van der Waals surface area contributed by atoms with Crippen molar-refractivity contribution in [2.45, 2.75) is 31.6 Å². The molecule has 1 heterocycles. The van der Waals surface area contributed by atoms with Crippen LogP contribution in [-0.4, -0.2) is 40.9 Å². The molecule has 0 bridgehead atoms. The first-order valence-corrected chi connectivity index (χ1v) is 5.86. The third kappa shape index (κ3) is 2.88. The maximum absolute atomic E-state index is 11.7. The molecule has 1 saturated heterocycles. The molecule has 0 radical (unpaired) electrons. The molecule has 2 atom stereocenters. The average molecular weight is 202 g/mol. The van der Waals surface area contributed by atoms with Gasteiger partial charge in [0.05, 0.1) is 6.04 Å². The Morgan fingerprint density at radius 3 is 3.00 bits per heavy atom. The molecule has 1 aliphatic heterocycles. The lowest BCUT2D eigenvalue weighted by Gasteiger charge is -2.32. The van der Waals surface area contributed by atoms with Gasteiger partial charge in [-0.3, -0.25) is 4.79 Å². The first-order chi connectivity index (χ1) is 6.15. The van der Waals surface area contributed by atoms with Gasteiger partial charge in [0.25, 0.3) is 0 Å². The molecular weight excluding hydrogens is 184 g/mol. The Morgan fingerprint density at radius 1 is 1.77 bits per heavy atom. The number of nitrogens with zero attached hydrogens (tertiary/aromatic N) is 1. The summed E-state index contributed by atoms with van der Waals surface area (Å²) in [4.78, 5) is 13.6. The standard InChI is InChI=1S/C9H18N2OS/c1-3-8(10)9(12)11-4-5-13-7(2)6-11/h7-8H,3-6,10H2,1-2H3/t7?,8-/m0/s1. The summed E-state index contributed by atoms with van der Waals surface area (Å²) >= 11 is 1.92. The van der Waals surface area contributed by atoms with Crippen molar-refractivity contribution < 1.29 is 4.79 Å². The zero-order chi connectivity index (χ0) is 9.84. The van der Waals surface area contributed by atoms with Crippen molar-refractivity contribution in [2.24, 2.45) is 5.73 Å². The van der Waals surface area contributed by atoms with E-state index in [1.807, 2.05) is 23.6 Å². The third-order valence-electron chi connectivity index (χ3n) is 2.31. The van der Waals surface area contributed by atoms with E-state index in [0.717, 1.165) is 25.3 Å². The van der Waals surface area contributed by atoms with Gasteiger partial charge < -0.3 is 10.6 Å². The fourth-order valence-corrected chi connectivity index (χ4v) is 2.44. The molecule has 3 nitrogen and oxygen atoms in total. The van der Waals surface area contributed by atoms with Crippen molar-refractivity contribution in [3.63, 3.8) is 0 Å². The van der Waals surface area contributed by atoms with Crippen LogP contribution in [0.2, 0.25) is 0 Å². The molecule has 1 rings (SSSR count). The minimum absolute atomic E-state index is 0.120. The van der Waals surface area contributed by atoms with Gasteiger partial charge >= 0.3 is 0 Å². The summed E-state index contributed by atoms with van der Waals surface area (Å²) in [5.41, 5.74) is 5.69. The lowest BCUT2D eigenvalue weighted by molar-refractivity contribution is -0.132. The lowest BCUT2D eigenvalue weighted by atomic mass is 10.2. The zero-order valence-corrected chi connectivity index (χ0v) is 9.14. The molecule has 0 aliphatic carbocycles. The van der Waals surface area contributed by atoms with Crippen LogP contribution in [0.15, 0.2) is 0 Å². The van der Waals surface area contributed by atoms with E-state index in [2.05, 4.69) is 6.92 Å². The number of hydrogen-bond acceptors (Lipinski definition) is 3. The van der Waals surface area contributed by atoms with Gasteiger partial charge in [-0.25, -0.2) is 0 Å². The Bertz CT molecular complexity index is 186. The highest BCUT2D eigenvalue weighted by Gasteiger charge is 2.24. The summed E-state index contributed by atoms with van der Waals surface area (Å²) < 4.78 is 0. The molecule has 4 heteroatoms. The van der Waals surface area contributed by atoms with E-state index in [1.165, 1.54) is 0 Å². The molecule has 0 spiro atoms. The summed E-state index contributed by atoms with van der Waals surface area (Å²) in [6, 6.07) is -0.296. The zero-order valence-electron chi connectivity index (χ0n) is 8.32. The van der Waals surface area contributed by atoms with Crippen molar-refractivity contribution in [1.82, 2.24) is 4.90 Å². The van der Waals surface area contributed by atoms with E-state index in [0.29, 0.717) is 5.25 Å². The molecule has 0 saturated carbocycles. The summed E-state index contributed by atoms with van der Waals surface area (Å²) in [7, 11) is 0. The molecule has 0 aromatic heterocycles. The number of amides is 1. The maximum Gasteiger partial charge on any atom is 0.239 e. The number of rotatable bonds is 2. The Morgan fingerprint density at radius 2 is 2.46 bits per heavy atom. The lowest BCUT2D eigenvalue weighted by Crippen LogP contribution is -2.48. The van der Waals surface area contributed by atoms with Gasteiger partial charge in [0.2, 0.25) is 5.91 Å². The van der Waals surface area contributed by atoms with Crippen molar-refractivity contribution in [2.75, 3.05) is 18.8 Å². The van der Waals surface area contributed by atoms with Crippen molar-refractivity contribution in [1.29, 1.82) is 0 Å². The minimum atomic E-state index is -0.296. The predicted octanol–water partition coefficient (Wildman–Crippen LogP) is 0.688. The SMILES string of the molecule is CC[C@H](N)C(=O)N1CCSC(C)C1. The van der Waals surface area contributed by atoms with Gasteiger partial charge in [0.1, 0.15) is 0 Å². The Hall–Kier alpha value is -0.220. The van der Waals surface area contributed by atoms with Crippen molar-refractivity contribution >= 4 is 17.7 Å². The van der Waals surface area contributed by atoms with E-state index in [-0.39, 0.29) is 11.9 Å². The van der Waals surface area contributed by atoms with E-state index < -0.39 is 0 Å². The molecule has 1 fully saturated rings. The number of carbonyl (C=O) groups excluding carboxylic acids is 1. The molecular formula is C9H18N2OS. The highest BCUT2D eigenvalue weighted by atomic mass is 32.2. The van der Waals surface area contributed by atoms with Crippen LogP contribution in [0.3, 0.4) is 0 Å². The molecule has 1 aliphatic rings. The van der Waals surface area contributed by atoms with E-state index >= 15 is 0 Å². The quantitative estimate of drug-likeness (QED) is 0.716. The molecule has 0 aromatic carbocycles. The fraction of sp³-hybridized carbons (Fsp3) is 0.889. The number of thioether (sulfide) groups is 1. The Labute approximate surface area is 84.0 Å². The minimum Gasteiger partial charge on any atom is -0.339 e. The van der Waals surface area contributed by atoms with Gasteiger partial charge in [0, 0.05) is 24.1 Å². The first-order valence-electron chi connectivity index (χ1n) is 4.81. The Kier molecular flexibility index (Phi) is 4.06. The summed E-state index contributed by atoms with van der Waals surface area (Å²) in [6.45, 7) is 5.82. The van der Waals surface area contributed by atoms with Crippen molar-refractivity contribution in [3.8, 4) is 0 Å². The molecule has 76 valence electrons. The van der Waals surface area contributed by atoms with Crippen LogP contribution >= 0.6 is 11.8 Å². The van der Waals surface area contributed by atoms with Crippen LogP contribution in [0.4, 0.5) is 0 Å².